The summed E-state index contributed by atoms with van der Waals surface area (Å²) in [5.41, 5.74) is -0.407. The summed E-state index contributed by atoms with van der Waals surface area (Å²) in [7, 11) is 0. The number of hydrogen-bond donors (Lipinski definition) is 2. The molecule has 65 heavy (non-hydrogen) atoms. The lowest BCUT2D eigenvalue weighted by Crippen LogP contribution is -2.36. The van der Waals surface area contributed by atoms with Gasteiger partial charge < -0.3 is 25.2 Å². The van der Waals surface area contributed by atoms with E-state index in [0.29, 0.717) is 55.7 Å². The SMILES string of the molecule is C=CC(=O)N1C[C@@H](F)[C@H](Nc2nnc(-c3ccc(C(F)(F)F)cc3)c3ccccc23)C1.CC(C)(C)OC(=O)N1C[C@@H](F)[C@H](Nc2nnc(-c3ccc(C(F)(F)F)cc3)c3ccccc23)C1. The first-order valence-corrected chi connectivity index (χ1v) is 20.3. The molecule has 4 atom stereocenters. The van der Waals surface area contributed by atoms with E-state index in [1.54, 1.807) is 69.3 Å². The van der Waals surface area contributed by atoms with Crippen LogP contribution in [0.1, 0.15) is 31.9 Å². The van der Waals surface area contributed by atoms with Crippen LogP contribution in [0.5, 0.6) is 0 Å². The van der Waals surface area contributed by atoms with Crippen molar-refractivity contribution in [2.75, 3.05) is 36.8 Å². The van der Waals surface area contributed by atoms with Gasteiger partial charge in [0.15, 0.2) is 11.6 Å². The number of halogens is 8. The van der Waals surface area contributed by atoms with Crippen molar-refractivity contribution >= 4 is 45.2 Å². The van der Waals surface area contributed by atoms with Crippen LogP contribution in [0.3, 0.4) is 0 Å². The summed E-state index contributed by atoms with van der Waals surface area (Å²) in [6.45, 7) is 8.73. The number of nitrogens with zero attached hydrogens (tertiary/aromatic N) is 6. The van der Waals surface area contributed by atoms with Crippen molar-refractivity contribution in [3.8, 4) is 22.5 Å². The molecule has 19 heteroatoms. The molecule has 0 bridgehead atoms. The van der Waals surface area contributed by atoms with E-state index in [0.717, 1.165) is 30.3 Å². The lowest BCUT2D eigenvalue weighted by atomic mass is 10.0. The number of hydrogen-bond acceptors (Lipinski definition) is 9. The predicted molar refractivity (Wildman–Crippen MR) is 229 cm³/mol. The molecule has 6 aromatic rings. The third kappa shape index (κ3) is 10.6. The van der Waals surface area contributed by atoms with Crippen LogP contribution in [-0.2, 0) is 21.9 Å². The highest BCUT2D eigenvalue weighted by Gasteiger charge is 2.39. The molecule has 2 aliphatic rings. The first-order chi connectivity index (χ1) is 30.7. The summed E-state index contributed by atoms with van der Waals surface area (Å²) in [5.74, 6) is 0.317. The van der Waals surface area contributed by atoms with Crippen molar-refractivity contribution in [1.29, 1.82) is 0 Å². The van der Waals surface area contributed by atoms with Crippen molar-refractivity contribution in [3.05, 3.63) is 121 Å². The summed E-state index contributed by atoms with van der Waals surface area (Å²) < 4.78 is 112. The van der Waals surface area contributed by atoms with Crippen molar-refractivity contribution < 1.29 is 49.4 Å². The van der Waals surface area contributed by atoms with E-state index in [4.69, 9.17) is 4.74 Å². The Hall–Kier alpha value is -6.92. The Balaban J connectivity index is 0.000000195. The number of likely N-dealkylation sites (tertiary alicyclic amines) is 2. The van der Waals surface area contributed by atoms with Gasteiger partial charge in [-0.1, -0.05) is 79.4 Å². The van der Waals surface area contributed by atoms with Crippen LogP contribution in [0, 0.1) is 0 Å². The van der Waals surface area contributed by atoms with Crippen LogP contribution >= 0.6 is 0 Å². The first-order valence-electron chi connectivity index (χ1n) is 20.3. The van der Waals surface area contributed by atoms with Gasteiger partial charge in [-0.25, -0.2) is 13.6 Å². The monoisotopic (exact) mass is 906 g/mol. The Bertz CT molecular complexity index is 2690. The first kappa shape index (κ1) is 46.1. The van der Waals surface area contributed by atoms with Gasteiger partial charge in [0.1, 0.15) is 29.3 Å². The minimum Gasteiger partial charge on any atom is -0.444 e. The van der Waals surface area contributed by atoms with E-state index >= 15 is 0 Å². The topological polar surface area (TPSA) is 125 Å². The molecule has 2 amide bonds. The number of nitrogens with one attached hydrogen (secondary N) is 2. The average molecular weight is 907 g/mol. The zero-order valence-corrected chi connectivity index (χ0v) is 35.1. The minimum atomic E-state index is -4.43. The maximum absolute atomic E-state index is 14.7. The van der Waals surface area contributed by atoms with Crippen LogP contribution in [0.15, 0.2) is 110 Å². The van der Waals surface area contributed by atoms with Gasteiger partial charge in [-0.3, -0.25) is 4.79 Å². The number of anilines is 2. The molecule has 11 nitrogen and oxygen atoms in total. The Labute approximate surface area is 367 Å². The van der Waals surface area contributed by atoms with Crippen molar-refractivity contribution in [3.63, 3.8) is 0 Å². The quantitative estimate of drug-likeness (QED) is 0.119. The van der Waals surface area contributed by atoms with Crippen LogP contribution in [-0.4, -0.2) is 98.4 Å². The maximum Gasteiger partial charge on any atom is 0.416 e. The van der Waals surface area contributed by atoms with Gasteiger partial charge in [-0.2, -0.15) is 26.3 Å². The fourth-order valence-corrected chi connectivity index (χ4v) is 7.42. The molecule has 0 unspecified atom stereocenters. The summed E-state index contributed by atoms with van der Waals surface area (Å²) in [5, 5.41) is 25.4. The molecular formula is C46H42F8N8O3. The number of carbonyl (C=O) groups excluding carboxylic acids is 2. The summed E-state index contributed by atoms with van der Waals surface area (Å²) in [4.78, 5) is 26.8. The second-order valence-corrected chi connectivity index (χ2v) is 16.4. The number of aromatic nitrogens is 4. The third-order valence-corrected chi connectivity index (χ3v) is 10.6. The van der Waals surface area contributed by atoms with Gasteiger partial charge in [0.2, 0.25) is 5.91 Å². The van der Waals surface area contributed by atoms with Crippen molar-refractivity contribution in [2.45, 2.75) is 63.2 Å². The fourth-order valence-electron chi connectivity index (χ4n) is 7.42. The molecule has 0 spiro atoms. The maximum atomic E-state index is 14.7. The number of amides is 2. The van der Waals surface area contributed by atoms with Crippen LogP contribution in [0.4, 0.5) is 51.6 Å². The molecule has 8 rings (SSSR count). The molecular weight excluding hydrogens is 865 g/mol. The van der Waals surface area contributed by atoms with E-state index in [1.807, 2.05) is 0 Å². The molecule has 4 aromatic carbocycles. The van der Waals surface area contributed by atoms with Gasteiger partial charge in [0.25, 0.3) is 0 Å². The smallest absolute Gasteiger partial charge is 0.416 e. The lowest BCUT2D eigenvalue weighted by molar-refractivity contribution is -0.138. The van der Waals surface area contributed by atoms with E-state index in [-0.39, 0.29) is 32.1 Å². The molecule has 340 valence electrons. The zero-order valence-electron chi connectivity index (χ0n) is 35.1. The predicted octanol–water partition coefficient (Wildman–Crippen LogP) is 10.1. The largest absolute Gasteiger partial charge is 0.444 e. The highest BCUT2D eigenvalue weighted by atomic mass is 19.4. The second-order valence-electron chi connectivity index (χ2n) is 16.4. The second kappa shape index (κ2) is 18.3. The van der Waals surface area contributed by atoms with E-state index in [9.17, 15) is 44.7 Å². The van der Waals surface area contributed by atoms with Gasteiger partial charge in [-0.05, 0) is 51.1 Å². The van der Waals surface area contributed by atoms with Gasteiger partial charge >= 0.3 is 18.4 Å². The van der Waals surface area contributed by atoms with E-state index in [2.05, 4.69) is 37.6 Å². The van der Waals surface area contributed by atoms with Gasteiger partial charge in [0, 0.05) is 45.8 Å². The molecule has 0 saturated carbocycles. The zero-order chi connectivity index (χ0) is 46.8. The Kier molecular flexibility index (Phi) is 13.0. The van der Waals surface area contributed by atoms with Gasteiger partial charge in [0.05, 0.1) is 36.3 Å². The van der Waals surface area contributed by atoms with Crippen LogP contribution < -0.4 is 10.6 Å². The third-order valence-electron chi connectivity index (χ3n) is 10.6. The van der Waals surface area contributed by atoms with Crippen LogP contribution in [0.2, 0.25) is 0 Å². The highest BCUT2D eigenvalue weighted by molar-refractivity contribution is 6.01. The van der Waals surface area contributed by atoms with Crippen molar-refractivity contribution in [2.24, 2.45) is 0 Å². The number of fused-ring (bicyclic) bond motifs is 2. The molecule has 2 aliphatic heterocycles. The Morgan fingerprint density at radius 1 is 0.600 bits per heavy atom. The highest BCUT2D eigenvalue weighted by Crippen LogP contribution is 2.36. The fraction of sp³-hybridized carbons (Fsp3) is 0.304. The van der Waals surface area contributed by atoms with E-state index < -0.39 is 59.6 Å². The van der Waals surface area contributed by atoms with E-state index in [1.165, 1.54) is 34.1 Å². The molecule has 0 aliphatic carbocycles. The minimum absolute atomic E-state index is 0.0441. The lowest BCUT2D eigenvalue weighted by Gasteiger charge is -2.24. The Morgan fingerprint density at radius 2 is 0.985 bits per heavy atom. The number of ether oxygens (including phenoxy) is 1. The molecule has 2 fully saturated rings. The molecule has 2 aromatic heterocycles. The molecule has 2 N–H and O–H groups in total. The summed E-state index contributed by atoms with van der Waals surface area (Å²) in [6, 6.07) is 22.2. The van der Waals surface area contributed by atoms with Crippen LogP contribution in [0.25, 0.3) is 44.1 Å². The summed E-state index contributed by atoms with van der Waals surface area (Å²) >= 11 is 0. The number of carbonyl (C=O) groups is 2. The number of alkyl halides is 8. The number of benzene rings is 4. The van der Waals surface area contributed by atoms with Gasteiger partial charge in [-0.15, -0.1) is 20.4 Å². The summed E-state index contributed by atoms with van der Waals surface area (Å²) in [6.07, 6.45) is -10.9. The molecule has 2 saturated heterocycles. The average Bonchev–Trinajstić information content (AvgIpc) is 3.83. The normalized spacial score (nSPS) is 18.9. The Morgan fingerprint density at radius 3 is 1.37 bits per heavy atom. The standard InChI is InChI=1S/C24H24F4N4O2.C22H18F4N4O/c1-23(2,3)34-22(33)32-12-18(25)19(13-32)29-21-17-7-5-4-6-16(17)20(30-31-21)14-8-10-15(11-9-14)24(26,27)28;1-2-19(31)30-11-17(23)18(12-30)27-21-16-6-4-3-5-15(16)20(28-29-21)13-7-9-14(10-8-13)22(24,25)26/h4-11,18-19H,12-13H2,1-3H3,(H,29,31);2-10,17-18H,1,11-12H2,(H,27,29)/t18-,19-;17-,18-/m11/s1. The van der Waals surface area contributed by atoms with Crippen molar-refractivity contribution in [1.82, 2.24) is 30.2 Å². The molecule has 4 heterocycles. The molecule has 0 radical (unpaired) electrons. The number of rotatable bonds is 7.